The van der Waals surface area contributed by atoms with E-state index in [0.29, 0.717) is 11.6 Å². The lowest BCUT2D eigenvalue weighted by Crippen LogP contribution is -2.34. The molecule has 0 unspecified atom stereocenters. The van der Waals surface area contributed by atoms with Gasteiger partial charge in [0.2, 0.25) is 0 Å². The summed E-state index contributed by atoms with van der Waals surface area (Å²) in [6.07, 6.45) is 6.24. The molecule has 4 nitrogen and oxygen atoms in total. The molecule has 0 amide bonds. The zero-order chi connectivity index (χ0) is 14.8. The molecular formula is C17H20N2O2. The third-order valence-corrected chi connectivity index (χ3v) is 4.37. The minimum absolute atomic E-state index is 0.308. The van der Waals surface area contributed by atoms with Crippen LogP contribution in [-0.4, -0.2) is 28.6 Å². The molecule has 1 fully saturated rings. The molecule has 1 N–H and O–H groups in total. The molecule has 1 saturated carbocycles. The van der Waals surface area contributed by atoms with E-state index >= 15 is 0 Å². The highest BCUT2D eigenvalue weighted by molar-refractivity contribution is 6.04. The summed E-state index contributed by atoms with van der Waals surface area (Å²) in [7, 11) is 0. The van der Waals surface area contributed by atoms with Gasteiger partial charge < -0.3 is 10.0 Å². The Morgan fingerprint density at radius 2 is 2.05 bits per heavy atom. The maximum absolute atomic E-state index is 11.6. The van der Waals surface area contributed by atoms with Gasteiger partial charge in [0.1, 0.15) is 5.56 Å². The summed E-state index contributed by atoms with van der Waals surface area (Å²) >= 11 is 0. The summed E-state index contributed by atoms with van der Waals surface area (Å²) < 4.78 is 0. The maximum Gasteiger partial charge on any atom is 0.339 e. The van der Waals surface area contributed by atoms with E-state index in [9.17, 15) is 9.90 Å². The second kappa shape index (κ2) is 5.72. The van der Waals surface area contributed by atoms with Crippen molar-refractivity contribution in [2.24, 2.45) is 0 Å². The third kappa shape index (κ3) is 2.46. The van der Waals surface area contributed by atoms with Crippen LogP contribution in [0.5, 0.6) is 0 Å². The number of aromatic carboxylic acids is 1. The Kier molecular flexibility index (Phi) is 3.78. The van der Waals surface area contributed by atoms with Crippen LogP contribution in [-0.2, 0) is 0 Å². The van der Waals surface area contributed by atoms with E-state index in [4.69, 9.17) is 0 Å². The fourth-order valence-electron chi connectivity index (χ4n) is 3.41. The first kappa shape index (κ1) is 13.9. The van der Waals surface area contributed by atoms with E-state index in [1.54, 1.807) is 0 Å². The molecule has 1 heterocycles. The maximum atomic E-state index is 11.6. The number of benzene rings is 1. The molecule has 0 saturated heterocycles. The van der Waals surface area contributed by atoms with Gasteiger partial charge in [0, 0.05) is 24.2 Å². The number of rotatable bonds is 4. The molecule has 1 aromatic carbocycles. The fourth-order valence-corrected chi connectivity index (χ4v) is 3.41. The number of aromatic nitrogens is 1. The van der Waals surface area contributed by atoms with Gasteiger partial charge in [-0.05, 0) is 25.8 Å². The first-order valence-electron chi connectivity index (χ1n) is 7.60. The minimum atomic E-state index is -0.903. The third-order valence-electron chi connectivity index (χ3n) is 4.37. The molecule has 110 valence electrons. The Morgan fingerprint density at radius 1 is 1.33 bits per heavy atom. The average molecular weight is 284 g/mol. The van der Waals surface area contributed by atoms with Crippen LogP contribution in [0.15, 0.2) is 30.5 Å². The van der Waals surface area contributed by atoms with E-state index in [2.05, 4.69) is 16.8 Å². The van der Waals surface area contributed by atoms with E-state index in [-0.39, 0.29) is 0 Å². The topological polar surface area (TPSA) is 53.4 Å². The highest BCUT2D eigenvalue weighted by Gasteiger charge is 2.26. The predicted octanol–water partition coefficient (Wildman–Crippen LogP) is 3.70. The number of pyridine rings is 1. The molecule has 0 aliphatic heterocycles. The number of hydrogen-bond donors (Lipinski definition) is 1. The molecule has 2 aromatic rings. The van der Waals surface area contributed by atoms with E-state index < -0.39 is 5.97 Å². The van der Waals surface area contributed by atoms with Crippen LogP contribution >= 0.6 is 0 Å². The van der Waals surface area contributed by atoms with E-state index in [1.807, 2.05) is 24.3 Å². The molecular weight excluding hydrogens is 264 g/mol. The molecule has 0 radical (unpaired) electrons. The number of hydrogen-bond acceptors (Lipinski definition) is 3. The van der Waals surface area contributed by atoms with Crippen LogP contribution in [0, 0.1) is 0 Å². The number of carbonyl (C=O) groups is 1. The molecule has 21 heavy (non-hydrogen) atoms. The quantitative estimate of drug-likeness (QED) is 0.930. The first-order chi connectivity index (χ1) is 10.2. The predicted molar refractivity (Wildman–Crippen MR) is 84.0 cm³/mol. The van der Waals surface area contributed by atoms with Gasteiger partial charge in [-0.3, -0.25) is 4.98 Å². The summed E-state index contributed by atoms with van der Waals surface area (Å²) in [6, 6.07) is 8.24. The summed E-state index contributed by atoms with van der Waals surface area (Å²) in [4.78, 5) is 18.2. The van der Waals surface area contributed by atoms with Crippen LogP contribution in [0.4, 0.5) is 5.69 Å². The Morgan fingerprint density at radius 3 is 2.71 bits per heavy atom. The number of anilines is 1. The SMILES string of the molecule is CCN(c1c(C(=O)O)cnc2ccccc12)C1CCCC1. The van der Waals surface area contributed by atoms with Crippen molar-refractivity contribution in [2.45, 2.75) is 38.6 Å². The second-order valence-corrected chi connectivity index (χ2v) is 5.57. The van der Waals surface area contributed by atoms with Crippen LogP contribution in [0.3, 0.4) is 0 Å². The Labute approximate surface area is 124 Å². The van der Waals surface area contributed by atoms with Crippen molar-refractivity contribution >= 4 is 22.6 Å². The van der Waals surface area contributed by atoms with Gasteiger partial charge in [-0.25, -0.2) is 4.79 Å². The molecule has 4 heteroatoms. The molecule has 1 aliphatic rings. The normalized spacial score (nSPS) is 15.5. The van der Waals surface area contributed by atoms with Gasteiger partial charge in [0.25, 0.3) is 0 Å². The number of carboxylic acid groups (broad SMARTS) is 1. The lowest BCUT2D eigenvalue weighted by molar-refractivity contribution is 0.0697. The summed E-state index contributed by atoms with van der Waals surface area (Å²) in [5.41, 5.74) is 2.00. The monoisotopic (exact) mass is 284 g/mol. The highest BCUT2D eigenvalue weighted by Crippen LogP contribution is 2.35. The van der Waals surface area contributed by atoms with Crippen molar-refractivity contribution in [3.63, 3.8) is 0 Å². The van der Waals surface area contributed by atoms with Gasteiger partial charge in [-0.1, -0.05) is 31.0 Å². The summed E-state index contributed by atoms with van der Waals surface area (Å²) in [5.74, 6) is -0.903. The van der Waals surface area contributed by atoms with E-state index in [1.165, 1.54) is 19.0 Å². The van der Waals surface area contributed by atoms with Crippen LogP contribution in [0.25, 0.3) is 10.9 Å². The van der Waals surface area contributed by atoms with Crippen LogP contribution in [0.1, 0.15) is 43.0 Å². The van der Waals surface area contributed by atoms with Crippen LogP contribution in [0.2, 0.25) is 0 Å². The second-order valence-electron chi connectivity index (χ2n) is 5.57. The van der Waals surface area contributed by atoms with E-state index in [0.717, 1.165) is 36.0 Å². The van der Waals surface area contributed by atoms with Gasteiger partial charge in [0.05, 0.1) is 11.2 Å². The summed E-state index contributed by atoms with van der Waals surface area (Å²) in [6.45, 7) is 2.91. The molecule has 0 atom stereocenters. The molecule has 3 rings (SSSR count). The molecule has 1 aliphatic carbocycles. The van der Waals surface area contributed by atoms with Gasteiger partial charge >= 0.3 is 5.97 Å². The highest BCUT2D eigenvalue weighted by atomic mass is 16.4. The van der Waals surface area contributed by atoms with Crippen molar-refractivity contribution in [1.82, 2.24) is 4.98 Å². The number of para-hydroxylation sites is 1. The molecule has 1 aromatic heterocycles. The fraction of sp³-hybridized carbons (Fsp3) is 0.412. The van der Waals surface area contributed by atoms with Crippen molar-refractivity contribution < 1.29 is 9.90 Å². The molecule has 0 bridgehead atoms. The number of carboxylic acids is 1. The lowest BCUT2D eigenvalue weighted by Gasteiger charge is -2.32. The van der Waals surface area contributed by atoms with Crippen LogP contribution < -0.4 is 4.90 Å². The Hall–Kier alpha value is -2.10. The Balaban J connectivity index is 2.21. The zero-order valence-electron chi connectivity index (χ0n) is 12.2. The Bertz CT molecular complexity index is 663. The summed E-state index contributed by atoms with van der Waals surface area (Å²) in [5, 5.41) is 10.5. The van der Waals surface area contributed by atoms with Crippen molar-refractivity contribution in [3.8, 4) is 0 Å². The number of nitrogens with zero attached hydrogens (tertiary/aromatic N) is 2. The van der Waals surface area contributed by atoms with Gasteiger partial charge in [-0.2, -0.15) is 0 Å². The average Bonchev–Trinajstić information content (AvgIpc) is 3.02. The first-order valence-corrected chi connectivity index (χ1v) is 7.60. The van der Waals surface area contributed by atoms with Crippen molar-refractivity contribution in [1.29, 1.82) is 0 Å². The molecule has 0 spiro atoms. The lowest BCUT2D eigenvalue weighted by atomic mass is 10.1. The van der Waals surface area contributed by atoms with Crippen molar-refractivity contribution in [2.75, 3.05) is 11.4 Å². The largest absolute Gasteiger partial charge is 0.478 e. The number of fused-ring (bicyclic) bond motifs is 1. The van der Waals surface area contributed by atoms with Gasteiger partial charge in [-0.15, -0.1) is 0 Å². The zero-order valence-corrected chi connectivity index (χ0v) is 12.2. The minimum Gasteiger partial charge on any atom is -0.478 e. The standard InChI is InChI=1S/C17H20N2O2/c1-2-19(12-7-3-4-8-12)16-13-9-5-6-10-15(13)18-11-14(16)17(20)21/h5-6,9-12H,2-4,7-8H2,1H3,(H,20,21). The van der Waals surface area contributed by atoms with Crippen molar-refractivity contribution in [3.05, 3.63) is 36.0 Å². The smallest absolute Gasteiger partial charge is 0.339 e. The van der Waals surface area contributed by atoms with Gasteiger partial charge in [0.15, 0.2) is 0 Å².